The number of aromatic nitrogens is 4. The Morgan fingerprint density at radius 1 is 1.62 bits per heavy atom. The summed E-state index contributed by atoms with van der Waals surface area (Å²) in [6, 6.07) is 0. The van der Waals surface area contributed by atoms with Gasteiger partial charge < -0.3 is 0 Å². The Hall–Kier alpha value is -2.51. The highest BCUT2D eigenvalue weighted by Crippen LogP contribution is 2.14. The van der Waals surface area contributed by atoms with Gasteiger partial charge in [0.2, 0.25) is 0 Å². The zero-order chi connectivity index (χ0) is 11.5. The Bertz CT molecular complexity index is 610. The van der Waals surface area contributed by atoms with E-state index in [0.29, 0.717) is 17.3 Å². The average molecular weight is 220 g/mol. The van der Waals surface area contributed by atoms with E-state index in [0.717, 1.165) is 0 Å². The van der Waals surface area contributed by atoms with Crippen molar-refractivity contribution in [2.24, 2.45) is 5.10 Å². The highest BCUT2D eigenvalue weighted by atomic mass is 16.1. The van der Waals surface area contributed by atoms with Crippen molar-refractivity contribution in [1.82, 2.24) is 20.2 Å². The van der Waals surface area contributed by atoms with Crippen LogP contribution in [0.5, 0.6) is 0 Å². The number of rotatable bonds is 3. The summed E-state index contributed by atoms with van der Waals surface area (Å²) < 4.78 is 0. The summed E-state index contributed by atoms with van der Waals surface area (Å²) in [5, 5.41) is 10.7. The molecule has 0 amide bonds. The van der Waals surface area contributed by atoms with Gasteiger partial charge in [0.1, 0.15) is 5.65 Å². The lowest BCUT2D eigenvalue weighted by Crippen LogP contribution is -2.12. The number of hydrazone groups is 1. The third kappa shape index (κ3) is 1.80. The number of nitrogens with one attached hydrogen (secondary N) is 3. The van der Waals surface area contributed by atoms with Crippen molar-refractivity contribution in [3.05, 3.63) is 16.7 Å². The first-order valence-electron chi connectivity index (χ1n) is 4.39. The van der Waals surface area contributed by atoms with Gasteiger partial charge in [-0.3, -0.25) is 20.3 Å². The fourth-order valence-electron chi connectivity index (χ4n) is 1.11. The quantitative estimate of drug-likeness (QED) is 0.371. The van der Waals surface area contributed by atoms with Gasteiger partial charge in [-0.2, -0.15) is 15.2 Å². The molecule has 82 valence electrons. The molecule has 2 aromatic rings. The van der Waals surface area contributed by atoms with Crippen LogP contribution in [0.3, 0.4) is 0 Å². The van der Waals surface area contributed by atoms with Crippen LogP contribution in [0.2, 0.25) is 0 Å². The Kier molecular flexibility index (Phi) is 2.46. The Morgan fingerprint density at radius 3 is 3.19 bits per heavy atom. The number of H-pyrrole nitrogens is 2. The largest absolute Gasteiger partial charge is 0.348 e. The van der Waals surface area contributed by atoms with Crippen LogP contribution in [0.15, 0.2) is 16.1 Å². The second-order valence-electron chi connectivity index (χ2n) is 3.03. The van der Waals surface area contributed by atoms with Crippen molar-refractivity contribution in [1.29, 1.82) is 0 Å². The molecule has 16 heavy (non-hydrogen) atoms. The van der Waals surface area contributed by atoms with E-state index in [1.54, 1.807) is 0 Å². The van der Waals surface area contributed by atoms with E-state index in [4.69, 9.17) is 0 Å². The van der Waals surface area contributed by atoms with Gasteiger partial charge in [-0.05, 0) is 6.92 Å². The molecule has 3 N–H and O–H groups in total. The Labute approximate surface area is 88.8 Å². The van der Waals surface area contributed by atoms with Gasteiger partial charge in [0.05, 0.1) is 17.3 Å². The molecule has 0 unspecified atom stereocenters. The van der Waals surface area contributed by atoms with Gasteiger partial charge in [0, 0.05) is 0 Å². The molecule has 0 fully saturated rings. The van der Waals surface area contributed by atoms with Gasteiger partial charge >= 0.3 is 5.69 Å². The lowest BCUT2D eigenvalue weighted by molar-refractivity contribution is -0.102. The molecule has 0 atom stereocenters. The first-order chi connectivity index (χ1) is 7.70. The number of hydrogen-bond acceptors (Lipinski definition) is 6. The minimum absolute atomic E-state index is 0.244. The highest BCUT2D eigenvalue weighted by molar-refractivity contribution is 6.27. The van der Waals surface area contributed by atoms with Gasteiger partial charge in [-0.15, -0.1) is 0 Å². The van der Waals surface area contributed by atoms with Crippen LogP contribution < -0.4 is 11.1 Å². The monoisotopic (exact) mass is 220 g/mol. The maximum absolute atomic E-state index is 11.1. The number of aldehydes is 1. The van der Waals surface area contributed by atoms with Crippen LogP contribution in [0.1, 0.15) is 6.92 Å². The van der Waals surface area contributed by atoms with Gasteiger partial charge in [0.15, 0.2) is 12.1 Å². The molecular weight excluding hydrogens is 212 g/mol. The molecular formula is C8H8N6O2. The van der Waals surface area contributed by atoms with Crippen molar-refractivity contribution in [2.45, 2.75) is 6.92 Å². The number of hydrogen-bond donors (Lipinski definition) is 3. The topological polar surface area (TPSA) is 116 Å². The third-order valence-corrected chi connectivity index (χ3v) is 1.85. The average Bonchev–Trinajstić information content (AvgIpc) is 2.73. The van der Waals surface area contributed by atoms with E-state index < -0.39 is 5.69 Å². The van der Waals surface area contributed by atoms with Crippen LogP contribution in [-0.2, 0) is 4.79 Å². The fourth-order valence-corrected chi connectivity index (χ4v) is 1.11. The van der Waals surface area contributed by atoms with Gasteiger partial charge in [-0.1, -0.05) is 0 Å². The van der Waals surface area contributed by atoms with E-state index in [2.05, 4.69) is 30.7 Å². The summed E-state index contributed by atoms with van der Waals surface area (Å²) in [6.07, 6.45) is 2.08. The number of nitrogens with zero attached hydrogens (tertiary/aromatic N) is 3. The number of carbonyl (C=O) groups excluding carboxylic acids is 1. The van der Waals surface area contributed by atoms with Crippen molar-refractivity contribution >= 4 is 28.8 Å². The molecule has 0 bridgehead atoms. The van der Waals surface area contributed by atoms with Crippen LogP contribution in [0.4, 0.5) is 5.82 Å². The normalized spacial score (nSPS) is 11.7. The Morgan fingerprint density at radius 2 is 2.44 bits per heavy atom. The fraction of sp³-hybridized carbons (Fsp3) is 0.125. The molecule has 0 aliphatic heterocycles. The summed E-state index contributed by atoms with van der Waals surface area (Å²) in [5.74, 6) is 0.244. The molecule has 0 aromatic carbocycles. The minimum Gasteiger partial charge on any atom is -0.296 e. The molecule has 8 heteroatoms. The lowest BCUT2D eigenvalue weighted by Gasteiger charge is -1.99. The summed E-state index contributed by atoms with van der Waals surface area (Å²) in [6.45, 7) is 1.53. The third-order valence-electron chi connectivity index (χ3n) is 1.85. The first-order valence-corrected chi connectivity index (χ1v) is 4.39. The van der Waals surface area contributed by atoms with Crippen molar-refractivity contribution in [3.8, 4) is 0 Å². The predicted molar refractivity (Wildman–Crippen MR) is 57.3 cm³/mol. The van der Waals surface area contributed by atoms with E-state index >= 15 is 0 Å². The van der Waals surface area contributed by atoms with Gasteiger partial charge in [-0.25, -0.2) is 4.79 Å². The van der Waals surface area contributed by atoms with Crippen LogP contribution in [-0.4, -0.2) is 32.2 Å². The molecule has 2 heterocycles. The van der Waals surface area contributed by atoms with Crippen molar-refractivity contribution in [2.75, 3.05) is 5.43 Å². The molecule has 0 spiro atoms. The molecule has 0 aliphatic carbocycles. The summed E-state index contributed by atoms with van der Waals surface area (Å²) in [4.78, 5) is 27.6. The number of fused-ring (bicyclic) bond motifs is 1. The summed E-state index contributed by atoms with van der Waals surface area (Å²) in [7, 11) is 0. The highest BCUT2D eigenvalue weighted by Gasteiger charge is 2.05. The summed E-state index contributed by atoms with van der Waals surface area (Å²) >= 11 is 0. The lowest BCUT2D eigenvalue weighted by atomic mass is 10.4. The zero-order valence-electron chi connectivity index (χ0n) is 8.31. The smallest absolute Gasteiger partial charge is 0.296 e. The second kappa shape index (κ2) is 3.93. The molecule has 8 nitrogen and oxygen atoms in total. The standard InChI is InChI=1S/C8H8N6O2/c1-4(3-15)12-14-7-5-2-9-13-6(5)10-8(16)11-7/h2-3H,1H3,(H3,9,10,11,13,14,16)/b12-4-. The maximum Gasteiger partial charge on any atom is 0.348 e. The molecule has 0 aliphatic rings. The SMILES string of the molecule is C/C(C=O)=N/Nc1nc(=O)[nH]c2[nH]ncc12. The number of aromatic amines is 2. The second-order valence-corrected chi connectivity index (χ2v) is 3.03. The van der Waals surface area contributed by atoms with Gasteiger partial charge in [0.25, 0.3) is 0 Å². The van der Waals surface area contributed by atoms with Crippen LogP contribution >= 0.6 is 0 Å². The maximum atomic E-state index is 11.1. The van der Waals surface area contributed by atoms with E-state index in [9.17, 15) is 9.59 Å². The minimum atomic E-state index is -0.529. The number of anilines is 1. The van der Waals surface area contributed by atoms with Crippen molar-refractivity contribution in [3.63, 3.8) is 0 Å². The molecule has 0 saturated heterocycles. The number of carbonyl (C=O) groups is 1. The van der Waals surface area contributed by atoms with E-state index in [1.807, 2.05) is 0 Å². The van der Waals surface area contributed by atoms with E-state index in [-0.39, 0.29) is 11.5 Å². The molecule has 0 radical (unpaired) electrons. The predicted octanol–water partition coefficient (Wildman–Crippen LogP) is -0.367. The van der Waals surface area contributed by atoms with Crippen molar-refractivity contribution < 1.29 is 4.79 Å². The molecule has 2 aromatic heterocycles. The molecule has 2 rings (SSSR count). The van der Waals surface area contributed by atoms with Crippen LogP contribution in [0, 0.1) is 0 Å². The molecule has 0 saturated carbocycles. The summed E-state index contributed by atoms with van der Waals surface area (Å²) in [5.41, 5.74) is 2.70. The van der Waals surface area contributed by atoms with E-state index in [1.165, 1.54) is 13.1 Å². The first kappa shape index (κ1) is 10.0. The Balaban J connectivity index is 2.47. The zero-order valence-corrected chi connectivity index (χ0v) is 8.31. The van der Waals surface area contributed by atoms with Crippen LogP contribution in [0.25, 0.3) is 11.0 Å².